The Kier molecular flexibility index (Phi) is 5.20. The Labute approximate surface area is 156 Å². The van der Waals surface area contributed by atoms with Crippen LogP contribution in [0.3, 0.4) is 0 Å². The summed E-state index contributed by atoms with van der Waals surface area (Å²) in [4.78, 5) is 14.6. The summed E-state index contributed by atoms with van der Waals surface area (Å²) < 4.78 is 32.2. The fourth-order valence-corrected chi connectivity index (χ4v) is 3.79. The third kappa shape index (κ3) is 4.00. The molecule has 2 aromatic carbocycles. The van der Waals surface area contributed by atoms with Gasteiger partial charge < -0.3 is 9.72 Å². The van der Waals surface area contributed by atoms with Gasteiger partial charge in [-0.1, -0.05) is 11.6 Å². The molecule has 6 nitrogen and oxygen atoms in total. The van der Waals surface area contributed by atoms with Gasteiger partial charge >= 0.3 is 5.97 Å². The van der Waals surface area contributed by atoms with E-state index in [0.717, 1.165) is 16.5 Å². The summed E-state index contributed by atoms with van der Waals surface area (Å²) in [5, 5.41) is 1.32. The third-order valence-electron chi connectivity index (χ3n) is 3.97. The number of hydrogen-bond acceptors (Lipinski definition) is 4. The van der Waals surface area contributed by atoms with Gasteiger partial charge in [0.2, 0.25) is 0 Å². The standard InChI is InChI=1S/C18H17ClN2O4S/c1-25-18(22)9-2-12-11-20-17-8-5-14(10-16(12)17)21-26(23,24)15-6-3-13(19)4-7-15/h3-8,10-11,20-21H,2,9H2,1H3. The van der Waals surface area contributed by atoms with Crippen molar-refractivity contribution in [3.05, 3.63) is 59.2 Å². The third-order valence-corrected chi connectivity index (χ3v) is 5.62. The van der Waals surface area contributed by atoms with E-state index in [1.54, 1.807) is 18.2 Å². The van der Waals surface area contributed by atoms with Gasteiger partial charge in [-0.3, -0.25) is 9.52 Å². The molecular weight excluding hydrogens is 376 g/mol. The Hall–Kier alpha value is -2.51. The number of H-pyrrole nitrogens is 1. The van der Waals surface area contributed by atoms with Crippen LogP contribution in [0, 0.1) is 0 Å². The number of aryl methyl sites for hydroxylation is 1. The molecule has 0 atom stereocenters. The number of esters is 1. The number of ether oxygens (including phenoxy) is 1. The number of benzene rings is 2. The average molecular weight is 393 g/mol. The molecule has 26 heavy (non-hydrogen) atoms. The number of sulfonamides is 1. The predicted molar refractivity (Wildman–Crippen MR) is 101 cm³/mol. The van der Waals surface area contributed by atoms with Crippen LogP contribution in [0.2, 0.25) is 5.02 Å². The van der Waals surface area contributed by atoms with Crippen molar-refractivity contribution in [1.82, 2.24) is 4.98 Å². The lowest BCUT2D eigenvalue weighted by Crippen LogP contribution is -2.12. The zero-order valence-corrected chi connectivity index (χ0v) is 15.5. The van der Waals surface area contributed by atoms with E-state index in [2.05, 4.69) is 14.4 Å². The normalized spacial score (nSPS) is 11.5. The fraction of sp³-hybridized carbons (Fsp3) is 0.167. The molecule has 1 aromatic heterocycles. The monoisotopic (exact) mass is 392 g/mol. The van der Waals surface area contributed by atoms with Crippen LogP contribution < -0.4 is 4.72 Å². The van der Waals surface area contributed by atoms with Crippen LogP contribution >= 0.6 is 11.6 Å². The summed E-state index contributed by atoms with van der Waals surface area (Å²) >= 11 is 5.80. The van der Waals surface area contributed by atoms with E-state index < -0.39 is 10.0 Å². The van der Waals surface area contributed by atoms with Gasteiger partial charge in [0.1, 0.15) is 0 Å². The van der Waals surface area contributed by atoms with Gasteiger partial charge in [-0.2, -0.15) is 0 Å². The van der Waals surface area contributed by atoms with Crippen LogP contribution in [0.1, 0.15) is 12.0 Å². The van der Waals surface area contributed by atoms with E-state index in [-0.39, 0.29) is 17.3 Å². The predicted octanol–water partition coefficient (Wildman–Crippen LogP) is 3.73. The van der Waals surface area contributed by atoms with Crippen LogP contribution in [-0.2, 0) is 26.0 Å². The molecular formula is C18H17ClN2O4S. The number of nitrogens with one attached hydrogen (secondary N) is 2. The molecule has 0 spiro atoms. The van der Waals surface area contributed by atoms with Crippen molar-refractivity contribution >= 4 is 44.2 Å². The van der Waals surface area contributed by atoms with Crippen molar-refractivity contribution in [2.45, 2.75) is 17.7 Å². The molecule has 0 bridgehead atoms. The smallest absolute Gasteiger partial charge is 0.305 e. The average Bonchev–Trinajstić information content (AvgIpc) is 3.02. The van der Waals surface area contributed by atoms with Gasteiger partial charge in [-0.25, -0.2) is 8.42 Å². The lowest BCUT2D eigenvalue weighted by Gasteiger charge is -2.09. The quantitative estimate of drug-likeness (QED) is 0.625. The second-order valence-electron chi connectivity index (χ2n) is 5.71. The van der Waals surface area contributed by atoms with Gasteiger partial charge in [0.25, 0.3) is 10.0 Å². The Morgan fingerprint density at radius 2 is 1.92 bits per heavy atom. The zero-order chi connectivity index (χ0) is 18.7. The lowest BCUT2D eigenvalue weighted by molar-refractivity contribution is -0.140. The zero-order valence-electron chi connectivity index (χ0n) is 14.0. The van der Waals surface area contributed by atoms with Gasteiger partial charge in [-0.15, -0.1) is 0 Å². The Morgan fingerprint density at radius 1 is 1.19 bits per heavy atom. The number of carbonyl (C=O) groups is 1. The number of aromatic amines is 1. The first kappa shape index (κ1) is 18.3. The van der Waals surface area contributed by atoms with Crippen LogP contribution in [0.15, 0.2) is 53.6 Å². The maximum Gasteiger partial charge on any atom is 0.305 e. The van der Waals surface area contributed by atoms with Gasteiger partial charge in [0.05, 0.1) is 12.0 Å². The van der Waals surface area contributed by atoms with Crippen molar-refractivity contribution in [2.24, 2.45) is 0 Å². The number of fused-ring (bicyclic) bond motifs is 1. The number of rotatable bonds is 6. The number of aromatic nitrogens is 1. The molecule has 0 radical (unpaired) electrons. The number of halogens is 1. The maximum atomic E-state index is 12.5. The number of methoxy groups -OCH3 is 1. The number of hydrogen-bond donors (Lipinski definition) is 2. The largest absolute Gasteiger partial charge is 0.469 e. The summed E-state index contributed by atoms with van der Waals surface area (Å²) in [5.74, 6) is -0.293. The molecule has 2 N–H and O–H groups in total. The van der Waals surface area contributed by atoms with E-state index in [4.69, 9.17) is 11.6 Å². The number of anilines is 1. The highest BCUT2D eigenvalue weighted by Crippen LogP contribution is 2.25. The van der Waals surface area contributed by atoms with Gasteiger partial charge in [-0.05, 0) is 54.4 Å². The highest BCUT2D eigenvalue weighted by atomic mass is 35.5. The van der Waals surface area contributed by atoms with Crippen LogP contribution in [-0.4, -0.2) is 26.5 Å². The van der Waals surface area contributed by atoms with Crippen LogP contribution in [0.5, 0.6) is 0 Å². The fourth-order valence-electron chi connectivity index (χ4n) is 2.62. The first-order chi connectivity index (χ1) is 12.4. The second-order valence-corrected chi connectivity index (χ2v) is 7.83. The van der Waals surface area contributed by atoms with Crippen LogP contribution in [0.25, 0.3) is 10.9 Å². The highest BCUT2D eigenvalue weighted by Gasteiger charge is 2.15. The molecule has 0 saturated heterocycles. The highest BCUT2D eigenvalue weighted by molar-refractivity contribution is 7.92. The minimum atomic E-state index is -3.72. The molecule has 8 heteroatoms. The summed E-state index contributed by atoms with van der Waals surface area (Å²) in [6, 6.07) is 11.1. The molecule has 0 saturated carbocycles. The topological polar surface area (TPSA) is 88.3 Å². The van der Waals surface area contributed by atoms with Gasteiger partial charge in [0, 0.05) is 34.2 Å². The Morgan fingerprint density at radius 3 is 2.62 bits per heavy atom. The van der Waals surface area contributed by atoms with E-state index >= 15 is 0 Å². The molecule has 0 aliphatic heterocycles. The molecule has 136 valence electrons. The van der Waals surface area contributed by atoms with E-state index in [9.17, 15) is 13.2 Å². The molecule has 3 rings (SSSR count). The van der Waals surface area contributed by atoms with Crippen molar-refractivity contribution in [2.75, 3.05) is 11.8 Å². The lowest BCUT2D eigenvalue weighted by atomic mass is 10.1. The van der Waals surface area contributed by atoms with Crippen molar-refractivity contribution in [3.63, 3.8) is 0 Å². The van der Waals surface area contributed by atoms with Crippen molar-refractivity contribution < 1.29 is 17.9 Å². The Bertz CT molecular complexity index is 1040. The minimum Gasteiger partial charge on any atom is -0.469 e. The summed E-state index contributed by atoms with van der Waals surface area (Å²) in [6.07, 6.45) is 2.56. The Balaban J connectivity index is 1.86. The molecule has 1 heterocycles. The molecule has 0 amide bonds. The van der Waals surface area contributed by atoms with Crippen LogP contribution in [0.4, 0.5) is 5.69 Å². The first-order valence-electron chi connectivity index (χ1n) is 7.84. The maximum absolute atomic E-state index is 12.5. The van der Waals surface area contributed by atoms with Crippen molar-refractivity contribution in [1.29, 1.82) is 0 Å². The van der Waals surface area contributed by atoms with Crippen molar-refractivity contribution in [3.8, 4) is 0 Å². The number of carbonyl (C=O) groups excluding carboxylic acids is 1. The first-order valence-corrected chi connectivity index (χ1v) is 9.70. The summed E-state index contributed by atoms with van der Waals surface area (Å²) in [6.45, 7) is 0. The minimum absolute atomic E-state index is 0.127. The molecule has 0 fully saturated rings. The second kappa shape index (κ2) is 7.39. The molecule has 0 unspecified atom stereocenters. The van der Waals surface area contributed by atoms with E-state index in [1.807, 2.05) is 6.20 Å². The molecule has 0 aliphatic carbocycles. The summed E-state index contributed by atoms with van der Waals surface area (Å²) in [5.41, 5.74) is 2.21. The van der Waals surface area contributed by atoms with E-state index in [1.165, 1.54) is 31.4 Å². The molecule has 3 aromatic rings. The van der Waals surface area contributed by atoms with E-state index in [0.29, 0.717) is 17.1 Å². The summed E-state index contributed by atoms with van der Waals surface area (Å²) in [7, 11) is -2.37. The van der Waals surface area contributed by atoms with Gasteiger partial charge in [0.15, 0.2) is 0 Å². The SMILES string of the molecule is COC(=O)CCc1c[nH]c2ccc(NS(=O)(=O)c3ccc(Cl)cc3)cc12. The molecule has 0 aliphatic rings.